The SMILES string of the molecule is CCOC(=O)c1c(NC(=O)C(C)Sc2nnc3c(n2)[nH]c2ccccc23)sc2c1CCc1ccccc1-2. The van der Waals surface area contributed by atoms with Crippen LogP contribution >= 0.6 is 23.1 Å². The van der Waals surface area contributed by atoms with E-state index in [9.17, 15) is 9.59 Å². The molecule has 186 valence electrons. The first-order valence-electron chi connectivity index (χ1n) is 12.0. The summed E-state index contributed by atoms with van der Waals surface area (Å²) in [6, 6.07) is 16.0. The first-order valence-corrected chi connectivity index (χ1v) is 13.7. The third kappa shape index (κ3) is 4.25. The normalized spacial score (nSPS) is 13.2. The Bertz CT molecular complexity index is 1680. The predicted octanol–water partition coefficient (Wildman–Crippen LogP) is 5.63. The quantitative estimate of drug-likeness (QED) is 0.217. The fourth-order valence-electron chi connectivity index (χ4n) is 4.63. The highest BCUT2D eigenvalue weighted by atomic mass is 32.2. The van der Waals surface area contributed by atoms with Gasteiger partial charge in [-0.1, -0.05) is 54.2 Å². The lowest BCUT2D eigenvalue weighted by atomic mass is 9.89. The molecular weight excluding hydrogens is 506 g/mol. The Morgan fingerprint density at radius 2 is 1.95 bits per heavy atom. The van der Waals surface area contributed by atoms with Crippen LogP contribution in [0.15, 0.2) is 53.7 Å². The van der Waals surface area contributed by atoms with Gasteiger partial charge in [0, 0.05) is 15.8 Å². The molecule has 0 bridgehead atoms. The number of nitrogens with one attached hydrogen (secondary N) is 2. The molecule has 1 aliphatic rings. The number of carbonyl (C=O) groups is 2. The zero-order valence-corrected chi connectivity index (χ0v) is 21.8. The van der Waals surface area contributed by atoms with Gasteiger partial charge in [-0.05, 0) is 49.4 Å². The van der Waals surface area contributed by atoms with Crippen molar-refractivity contribution >= 4 is 62.0 Å². The average Bonchev–Trinajstić information content (AvgIpc) is 3.46. The maximum absolute atomic E-state index is 13.3. The molecule has 0 radical (unpaired) electrons. The van der Waals surface area contributed by atoms with Crippen LogP contribution in [0.1, 0.15) is 35.3 Å². The molecule has 1 aliphatic carbocycles. The van der Waals surface area contributed by atoms with Crippen molar-refractivity contribution in [1.29, 1.82) is 0 Å². The smallest absolute Gasteiger partial charge is 0.341 e. The van der Waals surface area contributed by atoms with Crippen molar-refractivity contribution in [2.45, 2.75) is 37.1 Å². The molecular formula is C27H23N5O3S2. The minimum Gasteiger partial charge on any atom is -0.462 e. The van der Waals surface area contributed by atoms with Crippen molar-refractivity contribution in [1.82, 2.24) is 20.2 Å². The molecule has 0 saturated heterocycles. The minimum absolute atomic E-state index is 0.247. The van der Waals surface area contributed by atoms with Crippen molar-refractivity contribution in [3.63, 3.8) is 0 Å². The van der Waals surface area contributed by atoms with Crippen molar-refractivity contribution in [2.75, 3.05) is 11.9 Å². The highest BCUT2D eigenvalue weighted by Gasteiger charge is 2.30. The molecule has 3 heterocycles. The number of aromatic nitrogens is 4. The number of amides is 1. The van der Waals surface area contributed by atoms with E-state index in [0.717, 1.165) is 39.7 Å². The first kappa shape index (κ1) is 23.6. The highest BCUT2D eigenvalue weighted by Crippen LogP contribution is 2.45. The Kier molecular flexibility index (Phi) is 6.13. The van der Waals surface area contributed by atoms with Gasteiger partial charge in [-0.2, -0.15) is 0 Å². The third-order valence-corrected chi connectivity index (χ3v) is 8.52. The van der Waals surface area contributed by atoms with Crippen molar-refractivity contribution in [3.05, 3.63) is 65.2 Å². The van der Waals surface area contributed by atoms with Gasteiger partial charge in [0.15, 0.2) is 5.65 Å². The Labute approximate surface area is 220 Å². The third-order valence-electron chi connectivity index (χ3n) is 6.38. The number of aromatic amines is 1. The molecule has 0 aliphatic heterocycles. The molecule has 1 unspecified atom stereocenters. The van der Waals surface area contributed by atoms with E-state index in [1.165, 1.54) is 28.7 Å². The summed E-state index contributed by atoms with van der Waals surface area (Å²) in [6.45, 7) is 3.83. The van der Waals surface area contributed by atoms with Crippen LogP contribution in [-0.4, -0.2) is 43.9 Å². The van der Waals surface area contributed by atoms with Gasteiger partial charge < -0.3 is 15.0 Å². The molecule has 0 fully saturated rings. The number of esters is 1. The molecule has 3 aromatic heterocycles. The highest BCUT2D eigenvalue weighted by molar-refractivity contribution is 8.00. The molecule has 5 aromatic rings. The van der Waals surface area contributed by atoms with E-state index in [2.05, 4.69) is 37.6 Å². The Morgan fingerprint density at radius 1 is 1.14 bits per heavy atom. The minimum atomic E-state index is -0.523. The standard InChI is InChI=1S/C27H23N5O3S2/c1-3-35-26(34)20-18-13-12-15-8-4-5-9-16(15)22(18)37-25(20)30-24(33)14(2)36-27-29-23-21(31-32-27)17-10-6-7-11-19(17)28-23/h4-11,14H,3,12-13H2,1-2H3,(H,30,33)(H,28,29,32). The largest absolute Gasteiger partial charge is 0.462 e. The van der Waals surface area contributed by atoms with E-state index in [-0.39, 0.29) is 12.5 Å². The van der Waals surface area contributed by atoms with E-state index < -0.39 is 11.2 Å². The number of hydrogen-bond acceptors (Lipinski definition) is 8. The molecule has 1 amide bonds. The van der Waals surface area contributed by atoms with Gasteiger partial charge >= 0.3 is 5.97 Å². The number of carbonyl (C=O) groups excluding carboxylic acids is 2. The molecule has 0 spiro atoms. The number of para-hydroxylation sites is 1. The maximum atomic E-state index is 13.3. The number of H-pyrrole nitrogens is 1. The fourth-order valence-corrected chi connectivity index (χ4v) is 6.64. The van der Waals surface area contributed by atoms with E-state index >= 15 is 0 Å². The number of nitrogens with zero attached hydrogens (tertiary/aromatic N) is 3. The maximum Gasteiger partial charge on any atom is 0.341 e. The number of rotatable bonds is 6. The van der Waals surface area contributed by atoms with Gasteiger partial charge in [-0.3, -0.25) is 4.79 Å². The molecule has 2 N–H and O–H groups in total. The summed E-state index contributed by atoms with van der Waals surface area (Å²) in [5.41, 5.74) is 6.00. The zero-order chi connectivity index (χ0) is 25.5. The molecule has 37 heavy (non-hydrogen) atoms. The van der Waals surface area contributed by atoms with Gasteiger partial charge in [-0.25, -0.2) is 9.78 Å². The van der Waals surface area contributed by atoms with Crippen LogP contribution in [0.2, 0.25) is 0 Å². The summed E-state index contributed by atoms with van der Waals surface area (Å²) >= 11 is 2.64. The van der Waals surface area contributed by atoms with Crippen LogP contribution in [0.4, 0.5) is 5.00 Å². The lowest BCUT2D eigenvalue weighted by Crippen LogP contribution is -2.23. The number of fused-ring (bicyclic) bond motifs is 6. The Balaban J connectivity index is 1.27. The van der Waals surface area contributed by atoms with Crippen molar-refractivity contribution in [3.8, 4) is 10.4 Å². The number of benzene rings is 2. The van der Waals surface area contributed by atoms with E-state index in [1.807, 2.05) is 36.4 Å². The Hall–Kier alpha value is -3.76. The van der Waals surface area contributed by atoms with Gasteiger partial charge in [0.1, 0.15) is 10.5 Å². The lowest BCUT2D eigenvalue weighted by molar-refractivity contribution is -0.115. The van der Waals surface area contributed by atoms with E-state index in [0.29, 0.717) is 26.9 Å². The van der Waals surface area contributed by atoms with Gasteiger partial charge in [-0.15, -0.1) is 21.5 Å². The number of ether oxygens (including phenoxy) is 1. The zero-order valence-electron chi connectivity index (χ0n) is 20.2. The van der Waals surface area contributed by atoms with E-state index in [4.69, 9.17) is 4.74 Å². The van der Waals surface area contributed by atoms with Crippen LogP contribution in [-0.2, 0) is 22.4 Å². The lowest BCUT2D eigenvalue weighted by Gasteiger charge is -2.16. The molecule has 0 saturated carbocycles. The molecule has 1 atom stereocenters. The monoisotopic (exact) mass is 529 g/mol. The number of aryl methyl sites for hydroxylation is 1. The van der Waals surface area contributed by atoms with Gasteiger partial charge in [0.2, 0.25) is 11.1 Å². The topological polar surface area (TPSA) is 110 Å². The van der Waals surface area contributed by atoms with Crippen molar-refractivity contribution in [2.24, 2.45) is 0 Å². The number of thiophene rings is 1. The summed E-state index contributed by atoms with van der Waals surface area (Å²) in [4.78, 5) is 35.0. The van der Waals surface area contributed by atoms with Gasteiger partial charge in [0.05, 0.1) is 17.4 Å². The Morgan fingerprint density at radius 3 is 2.81 bits per heavy atom. The van der Waals surface area contributed by atoms with Crippen LogP contribution < -0.4 is 5.32 Å². The average molecular weight is 530 g/mol. The number of thioether (sulfide) groups is 1. The summed E-state index contributed by atoms with van der Waals surface area (Å²) in [5.74, 6) is -0.658. The van der Waals surface area contributed by atoms with Crippen LogP contribution in [0.5, 0.6) is 0 Å². The second-order valence-corrected chi connectivity index (χ2v) is 11.0. The van der Waals surface area contributed by atoms with Crippen LogP contribution in [0.3, 0.4) is 0 Å². The summed E-state index contributed by atoms with van der Waals surface area (Å²) in [7, 11) is 0. The van der Waals surface area contributed by atoms with E-state index in [1.54, 1.807) is 13.8 Å². The predicted molar refractivity (Wildman–Crippen MR) is 146 cm³/mol. The first-order chi connectivity index (χ1) is 18.0. The molecule has 10 heteroatoms. The van der Waals surface area contributed by atoms with Crippen LogP contribution in [0.25, 0.3) is 32.5 Å². The van der Waals surface area contributed by atoms with Gasteiger partial charge in [0.25, 0.3) is 0 Å². The second-order valence-electron chi connectivity index (χ2n) is 8.70. The molecule has 8 nitrogen and oxygen atoms in total. The summed E-state index contributed by atoms with van der Waals surface area (Å²) in [6.07, 6.45) is 1.56. The summed E-state index contributed by atoms with van der Waals surface area (Å²) < 4.78 is 5.36. The fraction of sp³-hybridized carbons (Fsp3) is 0.222. The molecule has 2 aromatic carbocycles. The number of anilines is 1. The van der Waals surface area contributed by atoms with Crippen molar-refractivity contribution < 1.29 is 14.3 Å². The second kappa shape index (κ2) is 9.60. The summed E-state index contributed by atoms with van der Waals surface area (Å²) in [5, 5.41) is 12.9. The molecule has 6 rings (SSSR count). The van der Waals surface area contributed by atoms with Crippen LogP contribution in [0, 0.1) is 0 Å². The number of hydrogen-bond donors (Lipinski definition) is 2.